The molecule has 0 aliphatic heterocycles. The van der Waals surface area contributed by atoms with Crippen LogP contribution in [0.3, 0.4) is 0 Å². The molecule has 0 spiro atoms. The molecule has 0 unspecified atom stereocenters. The van der Waals surface area contributed by atoms with Gasteiger partial charge in [-0.2, -0.15) is 0 Å². The van der Waals surface area contributed by atoms with E-state index in [9.17, 15) is 0 Å². The third-order valence-corrected chi connectivity index (χ3v) is 3.59. The highest BCUT2D eigenvalue weighted by Crippen LogP contribution is 2.29. The maximum Gasteiger partial charge on any atom is 0.130 e. The Bertz CT molecular complexity index is 472. The summed E-state index contributed by atoms with van der Waals surface area (Å²) in [4.78, 5) is 2.44. The molecule has 0 heterocycles. The normalized spacial score (nSPS) is 14.6. The quantitative estimate of drug-likeness (QED) is 0.559. The van der Waals surface area contributed by atoms with Crippen molar-refractivity contribution in [1.82, 2.24) is 4.90 Å². The molecule has 0 radical (unpaired) electrons. The third-order valence-electron chi connectivity index (χ3n) is 3.59. The van der Waals surface area contributed by atoms with E-state index in [2.05, 4.69) is 4.90 Å². The van der Waals surface area contributed by atoms with Crippen molar-refractivity contribution in [3.63, 3.8) is 0 Å². The predicted molar refractivity (Wildman–Crippen MR) is 79.3 cm³/mol. The number of nitrogens with one attached hydrogen (secondary N) is 1. The number of hydrogen-bond donors (Lipinski definition) is 2. The van der Waals surface area contributed by atoms with E-state index >= 15 is 0 Å². The largest absolute Gasteiger partial charge is 0.496 e. The van der Waals surface area contributed by atoms with Crippen molar-refractivity contribution in [3.8, 4) is 5.75 Å². The van der Waals surface area contributed by atoms with Crippen LogP contribution in [0.4, 0.5) is 0 Å². The fourth-order valence-electron chi connectivity index (χ4n) is 2.33. The van der Waals surface area contributed by atoms with E-state index in [4.69, 9.17) is 20.6 Å². The van der Waals surface area contributed by atoms with Crippen molar-refractivity contribution >= 4 is 5.84 Å². The van der Waals surface area contributed by atoms with E-state index in [0.717, 1.165) is 19.7 Å². The molecule has 1 saturated carbocycles. The molecule has 110 valence electrons. The Labute approximate surface area is 120 Å². The van der Waals surface area contributed by atoms with Crippen LogP contribution in [0.5, 0.6) is 5.75 Å². The molecule has 5 heteroatoms. The molecule has 1 aliphatic carbocycles. The first-order valence-corrected chi connectivity index (χ1v) is 6.90. The van der Waals surface area contributed by atoms with Crippen LogP contribution in [0.25, 0.3) is 0 Å². The second kappa shape index (κ2) is 6.72. The Hall–Kier alpha value is -1.59. The van der Waals surface area contributed by atoms with Crippen molar-refractivity contribution in [2.24, 2.45) is 5.73 Å². The molecule has 0 aromatic heterocycles. The molecule has 3 N–H and O–H groups in total. The molecule has 20 heavy (non-hydrogen) atoms. The zero-order valence-electron chi connectivity index (χ0n) is 12.2. The predicted octanol–water partition coefficient (Wildman–Crippen LogP) is 1.59. The van der Waals surface area contributed by atoms with E-state index < -0.39 is 0 Å². The maximum atomic E-state index is 7.53. The average Bonchev–Trinajstić information content (AvgIpc) is 3.27. The van der Waals surface area contributed by atoms with Crippen molar-refractivity contribution in [2.75, 3.05) is 27.4 Å². The average molecular weight is 277 g/mol. The summed E-state index contributed by atoms with van der Waals surface area (Å²) in [6, 6.07) is 6.53. The van der Waals surface area contributed by atoms with E-state index in [0.29, 0.717) is 17.4 Å². The first-order valence-electron chi connectivity index (χ1n) is 6.90. The van der Waals surface area contributed by atoms with E-state index in [1.807, 2.05) is 18.2 Å². The summed E-state index contributed by atoms with van der Waals surface area (Å²) in [5.41, 5.74) is 7.36. The highest BCUT2D eigenvalue weighted by Gasteiger charge is 2.28. The van der Waals surface area contributed by atoms with Crippen molar-refractivity contribution < 1.29 is 9.47 Å². The van der Waals surface area contributed by atoms with E-state index in [-0.39, 0.29) is 5.84 Å². The van der Waals surface area contributed by atoms with Gasteiger partial charge < -0.3 is 15.2 Å². The lowest BCUT2D eigenvalue weighted by molar-refractivity contribution is 0.139. The molecule has 1 aliphatic rings. The van der Waals surface area contributed by atoms with Crippen LogP contribution < -0.4 is 10.5 Å². The van der Waals surface area contributed by atoms with Crippen molar-refractivity contribution in [1.29, 1.82) is 5.41 Å². The van der Waals surface area contributed by atoms with Crippen molar-refractivity contribution in [2.45, 2.75) is 25.4 Å². The van der Waals surface area contributed by atoms with Gasteiger partial charge in [0.25, 0.3) is 0 Å². The highest BCUT2D eigenvalue weighted by atomic mass is 16.5. The number of nitrogens with zero attached hydrogens (tertiary/aromatic N) is 1. The third kappa shape index (κ3) is 3.71. The molecule has 1 aromatic carbocycles. The number of hydrogen-bond acceptors (Lipinski definition) is 4. The molecule has 5 nitrogen and oxygen atoms in total. The van der Waals surface area contributed by atoms with Crippen LogP contribution in [0.1, 0.15) is 24.0 Å². The number of nitrogen functional groups attached to an aromatic ring is 1. The molecule has 0 atom stereocenters. The van der Waals surface area contributed by atoms with Gasteiger partial charge in [0.2, 0.25) is 0 Å². The summed E-state index contributed by atoms with van der Waals surface area (Å²) in [5.74, 6) is 0.698. The molecular weight excluding hydrogens is 254 g/mol. The lowest BCUT2D eigenvalue weighted by Gasteiger charge is -2.22. The molecule has 2 rings (SSSR count). The zero-order chi connectivity index (χ0) is 14.5. The second-order valence-corrected chi connectivity index (χ2v) is 5.14. The Kier molecular flexibility index (Phi) is 4.98. The number of methoxy groups -OCH3 is 2. The van der Waals surface area contributed by atoms with E-state index in [1.54, 1.807) is 14.2 Å². The maximum absolute atomic E-state index is 7.53. The summed E-state index contributed by atoms with van der Waals surface area (Å²) in [7, 11) is 3.34. The van der Waals surface area contributed by atoms with Crippen LogP contribution >= 0.6 is 0 Å². The lowest BCUT2D eigenvalue weighted by Crippen LogP contribution is -2.29. The Morgan fingerprint density at radius 3 is 2.70 bits per heavy atom. The fourth-order valence-corrected chi connectivity index (χ4v) is 2.33. The van der Waals surface area contributed by atoms with Gasteiger partial charge >= 0.3 is 0 Å². The fraction of sp³-hybridized carbons (Fsp3) is 0.533. The minimum atomic E-state index is 0.0341. The van der Waals surface area contributed by atoms with Gasteiger partial charge in [0.05, 0.1) is 19.3 Å². The van der Waals surface area contributed by atoms with Gasteiger partial charge in [0, 0.05) is 26.2 Å². The van der Waals surface area contributed by atoms with Gasteiger partial charge in [-0.25, -0.2) is 0 Å². The molecule has 1 fully saturated rings. The van der Waals surface area contributed by atoms with Gasteiger partial charge in [-0.05, 0) is 30.5 Å². The molecular formula is C15H23N3O2. The molecule has 0 saturated heterocycles. The highest BCUT2D eigenvalue weighted by molar-refractivity contribution is 5.97. The number of amidine groups is 1. The lowest BCUT2D eigenvalue weighted by atomic mass is 10.1. The summed E-state index contributed by atoms with van der Waals surface area (Å²) < 4.78 is 10.5. The van der Waals surface area contributed by atoms with Crippen molar-refractivity contribution in [3.05, 3.63) is 29.3 Å². The monoisotopic (exact) mass is 277 g/mol. The van der Waals surface area contributed by atoms with Crippen LogP contribution in [-0.2, 0) is 11.3 Å². The van der Waals surface area contributed by atoms with Crippen LogP contribution in [0, 0.1) is 5.41 Å². The first kappa shape index (κ1) is 14.8. The summed E-state index contributed by atoms with van der Waals surface area (Å²) in [6.45, 7) is 2.57. The topological polar surface area (TPSA) is 71.6 Å². The molecule has 0 amide bonds. The van der Waals surface area contributed by atoms with Gasteiger partial charge in [0.1, 0.15) is 11.6 Å². The Morgan fingerprint density at radius 1 is 1.40 bits per heavy atom. The summed E-state index contributed by atoms with van der Waals surface area (Å²) >= 11 is 0. The zero-order valence-corrected chi connectivity index (χ0v) is 12.2. The van der Waals surface area contributed by atoms with Gasteiger partial charge in [-0.15, -0.1) is 0 Å². The smallest absolute Gasteiger partial charge is 0.130 e. The molecule has 0 bridgehead atoms. The minimum absolute atomic E-state index is 0.0341. The number of benzene rings is 1. The number of nitrogens with two attached hydrogens (primary N) is 1. The number of ether oxygens (including phenoxy) is 2. The van der Waals surface area contributed by atoms with Gasteiger partial charge in [-0.1, -0.05) is 6.07 Å². The Balaban J connectivity index is 2.09. The van der Waals surface area contributed by atoms with E-state index in [1.165, 1.54) is 18.4 Å². The summed E-state index contributed by atoms with van der Waals surface area (Å²) in [5, 5.41) is 7.53. The van der Waals surface area contributed by atoms with Crippen LogP contribution in [-0.4, -0.2) is 44.1 Å². The van der Waals surface area contributed by atoms with Crippen LogP contribution in [0.2, 0.25) is 0 Å². The first-order chi connectivity index (χ1) is 9.65. The number of rotatable bonds is 8. The van der Waals surface area contributed by atoms with Crippen LogP contribution in [0.15, 0.2) is 18.2 Å². The van der Waals surface area contributed by atoms with Gasteiger partial charge in [-0.3, -0.25) is 10.3 Å². The second-order valence-electron chi connectivity index (χ2n) is 5.14. The standard InChI is InChI=1S/C15H23N3O2/c1-19-8-7-18(12-4-5-12)10-11-3-6-13(15(16)17)14(9-11)20-2/h3,6,9,12H,4-5,7-8,10H2,1-2H3,(H3,16,17). The molecule has 1 aromatic rings. The SMILES string of the molecule is COCCN(Cc1ccc(C(=N)N)c(OC)c1)C1CC1. The summed E-state index contributed by atoms with van der Waals surface area (Å²) in [6.07, 6.45) is 2.54. The Morgan fingerprint density at radius 2 is 2.15 bits per heavy atom. The minimum Gasteiger partial charge on any atom is -0.496 e. The van der Waals surface area contributed by atoms with Gasteiger partial charge in [0.15, 0.2) is 0 Å².